The Bertz CT molecular complexity index is 1180. The van der Waals surface area contributed by atoms with Gasteiger partial charge in [0.05, 0.1) is 11.6 Å². The van der Waals surface area contributed by atoms with Crippen molar-refractivity contribution in [3.8, 4) is 11.5 Å². The molecule has 4 aromatic rings. The zero-order valence-corrected chi connectivity index (χ0v) is 19.3. The maximum atomic E-state index is 6.64. The van der Waals surface area contributed by atoms with E-state index in [-0.39, 0.29) is 0 Å². The summed E-state index contributed by atoms with van der Waals surface area (Å²) >= 11 is 6.64. The highest BCUT2D eigenvalue weighted by Gasteiger charge is 2.14. The standard InChI is InChI=1S/C28H28ClNO2/c1-3-20-12-14-24(15-13-20)30-18-21-16-26(29)28(27(17-21)31-4-2)32-19-23-10-7-9-22-8-5-6-11-25(22)23/h5-17,30H,3-4,18-19H2,1-2H3. The summed E-state index contributed by atoms with van der Waals surface area (Å²) in [6, 6.07) is 27.0. The van der Waals surface area contributed by atoms with Crippen molar-refractivity contribution in [2.24, 2.45) is 0 Å². The summed E-state index contributed by atoms with van der Waals surface area (Å²) in [4.78, 5) is 0. The summed E-state index contributed by atoms with van der Waals surface area (Å²) in [6.45, 7) is 5.72. The second kappa shape index (κ2) is 10.4. The van der Waals surface area contributed by atoms with Crippen molar-refractivity contribution in [3.05, 3.63) is 101 Å². The van der Waals surface area contributed by atoms with Gasteiger partial charge >= 0.3 is 0 Å². The van der Waals surface area contributed by atoms with E-state index in [0.717, 1.165) is 23.2 Å². The molecule has 164 valence electrons. The van der Waals surface area contributed by atoms with E-state index in [4.69, 9.17) is 21.1 Å². The number of nitrogens with one attached hydrogen (secondary N) is 1. The smallest absolute Gasteiger partial charge is 0.180 e. The number of benzene rings is 4. The van der Waals surface area contributed by atoms with E-state index in [2.05, 4.69) is 60.8 Å². The lowest BCUT2D eigenvalue weighted by Gasteiger charge is -2.16. The molecule has 4 rings (SSSR count). The first kappa shape index (κ1) is 22.0. The van der Waals surface area contributed by atoms with E-state index >= 15 is 0 Å². The molecule has 3 nitrogen and oxygen atoms in total. The van der Waals surface area contributed by atoms with Crippen molar-refractivity contribution in [2.45, 2.75) is 33.4 Å². The SMILES string of the molecule is CCOc1cc(CNc2ccc(CC)cc2)cc(Cl)c1OCc1cccc2ccccc12. The highest BCUT2D eigenvalue weighted by Crippen LogP contribution is 2.38. The Morgan fingerprint density at radius 3 is 2.38 bits per heavy atom. The number of aryl methyl sites for hydroxylation is 1. The summed E-state index contributed by atoms with van der Waals surface area (Å²) < 4.78 is 12.1. The lowest BCUT2D eigenvalue weighted by Crippen LogP contribution is -2.04. The Morgan fingerprint density at radius 1 is 0.812 bits per heavy atom. The summed E-state index contributed by atoms with van der Waals surface area (Å²) in [6.07, 6.45) is 1.04. The fourth-order valence-electron chi connectivity index (χ4n) is 3.76. The van der Waals surface area contributed by atoms with E-state index in [1.807, 2.05) is 37.3 Å². The number of ether oxygens (including phenoxy) is 2. The molecule has 0 atom stereocenters. The predicted molar refractivity (Wildman–Crippen MR) is 134 cm³/mol. The summed E-state index contributed by atoms with van der Waals surface area (Å²) in [5.41, 5.74) is 4.55. The van der Waals surface area contributed by atoms with Gasteiger partial charge in [0.15, 0.2) is 11.5 Å². The van der Waals surface area contributed by atoms with E-state index in [0.29, 0.717) is 36.3 Å². The van der Waals surface area contributed by atoms with Gasteiger partial charge in [-0.05, 0) is 65.1 Å². The van der Waals surface area contributed by atoms with Gasteiger partial charge in [0.25, 0.3) is 0 Å². The molecule has 0 amide bonds. The van der Waals surface area contributed by atoms with E-state index < -0.39 is 0 Å². The molecule has 4 aromatic carbocycles. The number of hydrogen-bond acceptors (Lipinski definition) is 3. The fraction of sp³-hybridized carbons (Fsp3) is 0.214. The average Bonchev–Trinajstić information content (AvgIpc) is 2.83. The van der Waals surface area contributed by atoms with Crippen LogP contribution in [0.15, 0.2) is 78.9 Å². The maximum absolute atomic E-state index is 6.64. The van der Waals surface area contributed by atoms with Crippen molar-refractivity contribution in [2.75, 3.05) is 11.9 Å². The molecule has 0 unspecified atom stereocenters. The largest absolute Gasteiger partial charge is 0.490 e. The molecule has 1 N–H and O–H groups in total. The van der Waals surface area contributed by atoms with Crippen LogP contribution in [0.3, 0.4) is 0 Å². The Labute approximate surface area is 194 Å². The highest BCUT2D eigenvalue weighted by molar-refractivity contribution is 6.32. The quantitative estimate of drug-likeness (QED) is 0.287. The van der Waals surface area contributed by atoms with Crippen molar-refractivity contribution in [1.29, 1.82) is 0 Å². The second-order valence-corrected chi connectivity index (χ2v) is 8.08. The van der Waals surface area contributed by atoms with Crippen LogP contribution in [0.5, 0.6) is 11.5 Å². The molecule has 0 aliphatic carbocycles. The lowest BCUT2D eigenvalue weighted by molar-refractivity contribution is 0.270. The molecule has 0 saturated carbocycles. The van der Waals surface area contributed by atoms with Gasteiger partial charge in [0, 0.05) is 12.2 Å². The molecule has 4 heteroatoms. The molecule has 0 saturated heterocycles. The van der Waals surface area contributed by atoms with Crippen molar-refractivity contribution in [3.63, 3.8) is 0 Å². The van der Waals surface area contributed by atoms with E-state index in [9.17, 15) is 0 Å². The van der Waals surface area contributed by atoms with Crippen LogP contribution < -0.4 is 14.8 Å². The summed E-state index contributed by atoms with van der Waals surface area (Å²) in [7, 11) is 0. The van der Waals surface area contributed by atoms with Gasteiger partial charge in [-0.3, -0.25) is 0 Å². The van der Waals surface area contributed by atoms with Crippen LogP contribution in [0.25, 0.3) is 10.8 Å². The van der Waals surface area contributed by atoms with Gasteiger partial charge < -0.3 is 14.8 Å². The number of fused-ring (bicyclic) bond motifs is 1. The van der Waals surface area contributed by atoms with Gasteiger partial charge in [0.1, 0.15) is 6.61 Å². The number of anilines is 1. The summed E-state index contributed by atoms with van der Waals surface area (Å²) in [5, 5.41) is 6.37. The molecular formula is C28H28ClNO2. The van der Waals surface area contributed by atoms with Gasteiger partial charge in [-0.1, -0.05) is 73.1 Å². The van der Waals surface area contributed by atoms with Crippen LogP contribution in [0, 0.1) is 0 Å². The fourth-order valence-corrected chi connectivity index (χ4v) is 4.04. The Hall–Kier alpha value is -3.17. The van der Waals surface area contributed by atoms with Crippen molar-refractivity contribution < 1.29 is 9.47 Å². The summed E-state index contributed by atoms with van der Waals surface area (Å²) in [5.74, 6) is 1.25. The first-order valence-corrected chi connectivity index (χ1v) is 11.4. The lowest BCUT2D eigenvalue weighted by atomic mass is 10.1. The van der Waals surface area contributed by atoms with E-state index in [1.165, 1.54) is 16.3 Å². The van der Waals surface area contributed by atoms with Crippen LogP contribution in [0.4, 0.5) is 5.69 Å². The molecule has 0 aliphatic rings. The Morgan fingerprint density at radius 2 is 1.59 bits per heavy atom. The second-order valence-electron chi connectivity index (χ2n) is 7.67. The minimum absolute atomic E-state index is 0.419. The average molecular weight is 446 g/mol. The highest BCUT2D eigenvalue weighted by atomic mass is 35.5. The third kappa shape index (κ3) is 5.17. The van der Waals surface area contributed by atoms with Crippen molar-refractivity contribution in [1.82, 2.24) is 0 Å². The molecule has 0 spiro atoms. The predicted octanol–water partition coefficient (Wildman–Crippen LogP) is 7.65. The Kier molecular flexibility index (Phi) is 7.18. The van der Waals surface area contributed by atoms with Gasteiger partial charge in [-0.2, -0.15) is 0 Å². The van der Waals surface area contributed by atoms with Gasteiger partial charge in [-0.15, -0.1) is 0 Å². The monoisotopic (exact) mass is 445 g/mol. The maximum Gasteiger partial charge on any atom is 0.180 e. The van der Waals surface area contributed by atoms with Gasteiger partial charge in [0.2, 0.25) is 0 Å². The number of halogens is 1. The number of hydrogen-bond donors (Lipinski definition) is 1. The van der Waals surface area contributed by atoms with E-state index in [1.54, 1.807) is 0 Å². The molecule has 32 heavy (non-hydrogen) atoms. The minimum atomic E-state index is 0.419. The molecular weight excluding hydrogens is 418 g/mol. The van der Waals surface area contributed by atoms with Crippen LogP contribution >= 0.6 is 11.6 Å². The Balaban J connectivity index is 1.51. The normalized spacial score (nSPS) is 10.8. The zero-order chi connectivity index (χ0) is 22.3. The van der Waals surface area contributed by atoms with Crippen LogP contribution in [-0.2, 0) is 19.6 Å². The molecule has 0 aliphatic heterocycles. The van der Waals surface area contributed by atoms with Gasteiger partial charge in [-0.25, -0.2) is 0 Å². The van der Waals surface area contributed by atoms with Crippen LogP contribution in [0.2, 0.25) is 5.02 Å². The zero-order valence-electron chi connectivity index (χ0n) is 18.5. The molecule has 0 aromatic heterocycles. The molecule has 0 fully saturated rings. The first-order chi connectivity index (χ1) is 15.7. The topological polar surface area (TPSA) is 30.5 Å². The van der Waals surface area contributed by atoms with Crippen LogP contribution in [-0.4, -0.2) is 6.61 Å². The molecule has 0 bridgehead atoms. The molecule has 0 heterocycles. The first-order valence-electron chi connectivity index (χ1n) is 11.1. The number of rotatable bonds is 9. The third-order valence-corrected chi connectivity index (χ3v) is 5.76. The van der Waals surface area contributed by atoms with Crippen LogP contribution in [0.1, 0.15) is 30.5 Å². The minimum Gasteiger partial charge on any atom is -0.490 e. The molecule has 0 radical (unpaired) electrons. The third-order valence-electron chi connectivity index (χ3n) is 5.48. The van der Waals surface area contributed by atoms with Crippen molar-refractivity contribution >= 4 is 28.1 Å².